The van der Waals surface area contributed by atoms with Crippen molar-refractivity contribution in [2.24, 2.45) is 0 Å². The number of aldehydes is 1. The Morgan fingerprint density at radius 2 is 1.14 bits per heavy atom. The maximum Gasteiger partial charge on any atom is 0.277 e. The van der Waals surface area contributed by atoms with E-state index in [1.165, 1.54) is 48.5 Å². The zero-order valence-corrected chi connectivity index (χ0v) is 17.5. The number of aromatic hydroxyl groups is 1. The fourth-order valence-electron chi connectivity index (χ4n) is 5.85. The molecule has 0 aromatic heterocycles. The van der Waals surface area contributed by atoms with Crippen molar-refractivity contribution in [2.45, 2.75) is 22.8 Å². The predicted octanol–water partition coefficient (Wildman–Crippen LogP) is 0.448. The molecule has 0 bridgehead atoms. The third-order valence-electron chi connectivity index (χ3n) is 7.47. The number of Topliss-reactive ketones (excluding diaryl/α,β-unsaturated/α-hetero) is 2. The van der Waals surface area contributed by atoms with Crippen molar-refractivity contribution in [2.75, 3.05) is 0 Å². The van der Waals surface area contributed by atoms with E-state index in [0.717, 1.165) is 0 Å². The van der Waals surface area contributed by atoms with E-state index < -0.39 is 68.3 Å². The van der Waals surface area contributed by atoms with Crippen LogP contribution in [0.5, 0.6) is 17.2 Å². The Balaban J connectivity index is 1.60. The summed E-state index contributed by atoms with van der Waals surface area (Å²) in [6.07, 6.45) is 0.117. The van der Waals surface area contributed by atoms with Crippen LogP contribution in [0.1, 0.15) is 53.3 Å². The minimum Gasteiger partial charge on any atom is -0.506 e. The number of ketones is 2. The van der Waals surface area contributed by atoms with Crippen LogP contribution >= 0.6 is 0 Å². The molecule has 2 aliphatic heterocycles. The summed E-state index contributed by atoms with van der Waals surface area (Å²) < 4.78 is 11.3. The van der Waals surface area contributed by atoms with Crippen LogP contribution in [0.4, 0.5) is 0 Å². The minimum absolute atomic E-state index is 0.0744. The van der Waals surface area contributed by atoms with E-state index in [9.17, 15) is 39.9 Å². The number of phenols is 1. The molecule has 3 aromatic carbocycles. The molecule has 2 heterocycles. The Bertz CT molecular complexity index is 1590. The first kappa shape index (κ1) is 20.3. The van der Waals surface area contributed by atoms with Crippen molar-refractivity contribution in [1.29, 1.82) is 0 Å². The van der Waals surface area contributed by atoms with Crippen molar-refractivity contribution in [3.63, 3.8) is 0 Å². The van der Waals surface area contributed by atoms with Gasteiger partial charge in [0.15, 0.2) is 6.29 Å². The summed E-state index contributed by atoms with van der Waals surface area (Å²) in [5.74, 6) is -9.76. The fraction of sp³-hybridized carbons (Fsp3) is 0.160. The van der Waals surface area contributed by atoms with Crippen LogP contribution < -0.4 is 9.47 Å². The van der Waals surface area contributed by atoms with Crippen molar-refractivity contribution < 1.29 is 49.4 Å². The summed E-state index contributed by atoms with van der Waals surface area (Å²) in [5.41, 5.74) is -8.22. The zero-order chi connectivity index (χ0) is 24.7. The van der Waals surface area contributed by atoms with E-state index in [4.69, 9.17) is 9.47 Å². The number of phenolic OH excluding ortho intramolecular Hbond substituents is 1. The summed E-state index contributed by atoms with van der Waals surface area (Å²) in [6, 6.07) is 11.3. The lowest BCUT2D eigenvalue weighted by atomic mass is 9.80. The van der Waals surface area contributed by atoms with Gasteiger partial charge >= 0.3 is 0 Å². The van der Waals surface area contributed by atoms with Gasteiger partial charge in [-0.15, -0.1) is 0 Å². The maximum absolute atomic E-state index is 13.4. The molecule has 0 spiro atoms. The van der Waals surface area contributed by atoms with Gasteiger partial charge in [0, 0.05) is 22.3 Å². The highest BCUT2D eigenvalue weighted by Gasteiger charge is 2.77. The number of fused-ring (bicyclic) bond motifs is 11. The third-order valence-corrected chi connectivity index (χ3v) is 7.47. The average molecular weight is 474 g/mol. The highest BCUT2D eigenvalue weighted by atomic mass is 16.7. The lowest BCUT2D eigenvalue weighted by Gasteiger charge is -2.30. The van der Waals surface area contributed by atoms with E-state index in [1.807, 2.05) is 0 Å². The molecular weight excluding hydrogens is 460 g/mol. The highest BCUT2D eigenvalue weighted by Crippen LogP contribution is 2.69. The second-order valence-electron chi connectivity index (χ2n) is 8.95. The normalized spacial score (nSPS) is 32.7. The SMILES string of the molecule is O=Cc1c(O)c2c(c3c1O[C@]1(O)c4ccccc4C(=O)[C@]31O)O[C@]1(O)c3ccccc3C(=O)[C@]21O. The van der Waals surface area contributed by atoms with Crippen molar-refractivity contribution in [1.82, 2.24) is 0 Å². The van der Waals surface area contributed by atoms with Crippen LogP contribution in [0.3, 0.4) is 0 Å². The van der Waals surface area contributed by atoms with Crippen LogP contribution in [0, 0.1) is 0 Å². The zero-order valence-electron chi connectivity index (χ0n) is 17.5. The van der Waals surface area contributed by atoms with Gasteiger partial charge in [0.2, 0.25) is 22.8 Å². The molecular formula is C25H14O10. The number of carbonyl (C=O) groups is 3. The van der Waals surface area contributed by atoms with Gasteiger partial charge in [-0.05, 0) is 0 Å². The van der Waals surface area contributed by atoms with Crippen molar-refractivity contribution in [3.05, 3.63) is 87.5 Å². The molecule has 0 saturated carbocycles. The van der Waals surface area contributed by atoms with Gasteiger partial charge in [0.25, 0.3) is 11.6 Å². The van der Waals surface area contributed by atoms with Crippen LogP contribution in [0.2, 0.25) is 0 Å². The first-order valence-electron chi connectivity index (χ1n) is 10.5. The summed E-state index contributed by atoms with van der Waals surface area (Å²) in [5, 5.41) is 57.4. The van der Waals surface area contributed by atoms with Gasteiger partial charge in [0.1, 0.15) is 17.2 Å². The molecule has 4 atom stereocenters. The largest absolute Gasteiger partial charge is 0.506 e. The lowest BCUT2D eigenvalue weighted by molar-refractivity contribution is -0.231. The second kappa shape index (κ2) is 5.58. The number of rotatable bonds is 1. The number of aliphatic hydroxyl groups is 4. The van der Waals surface area contributed by atoms with Gasteiger partial charge in [-0.2, -0.15) is 0 Å². The molecule has 7 rings (SSSR count). The number of hydrogen-bond donors (Lipinski definition) is 5. The summed E-state index contributed by atoms with van der Waals surface area (Å²) >= 11 is 0. The Kier molecular flexibility index (Phi) is 3.24. The third kappa shape index (κ3) is 1.73. The van der Waals surface area contributed by atoms with E-state index in [1.54, 1.807) is 0 Å². The molecule has 0 saturated heterocycles. The number of hydrogen-bond acceptors (Lipinski definition) is 10. The van der Waals surface area contributed by atoms with Crippen LogP contribution in [-0.2, 0) is 22.8 Å². The number of ether oxygens (including phenoxy) is 2. The number of benzene rings is 3. The molecule has 5 N–H and O–H groups in total. The van der Waals surface area contributed by atoms with Gasteiger partial charge in [0.05, 0.1) is 16.7 Å². The first-order valence-corrected chi connectivity index (χ1v) is 10.5. The number of carbonyl (C=O) groups excluding carboxylic acids is 3. The molecule has 174 valence electrons. The molecule has 10 heteroatoms. The summed E-state index contributed by atoms with van der Waals surface area (Å²) in [4.78, 5) is 38.8. The van der Waals surface area contributed by atoms with Crippen LogP contribution in [0.15, 0.2) is 48.5 Å². The molecule has 4 aliphatic rings. The lowest BCUT2D eigenvalue weighted by Crippen LogP contribution is -2.49. The first-order chi connectivity index (χ1) is 16.6. The van der Waals surface area contributed by atoms with Crippen molar-refractivity contribution in [3.8, 4) is 17.2 Å². The molecule has 0 unspecified atom stereocenters. The van der Waals surface area contributed by atoms with E-state index in [2.05, 4.69) is 0 Å². The Morgan fingerprint density at radius 1 is 0.686 bits per heavy atom. The van der Waals surface area contributed by atoms with Crippen LogP contribution in [-0.4, -0.2) is 43.4 Å². The van der Waals surface area contributed by atoms with Crippen molar-refractivity contribution >= 4 is 17.9 Å². The second-order valence-corrected chi connectivity index (χ2v) is 8.95. The van der Waals surface area contributed by atoms with E-state index >= 15 is 0 Å². The monoisotopic (exact) mass is 474 g/mol. The Labute approximate surface area is 195 Å². The Morgan fingerprint density at radius 3 is 1.66 bits per heavy atom. The van der Waals surface area contributed by atoms with Gasteiger partial charge < -0.3 is 35.0 Å². The molecule has 0 amide bonds. The minimum atomic E-state index is -2.94. The highest BCUT2D eigenvalue weighted by molar-refractivity contribution is 6.13. The molecule has 10 nitrogen and oxygen atoms in total. The maximum atomic E-state index is 13.4. The molecule has 2 aliphatic carbocycles. The smallest absolute Gasteiger partial charge is 0.277 e. The Hall–Kier alpha value is -4.09. The van der Waals surface area contributed by atoms with Gasteiger partial charge in [-0.25, -0.2) is 0 Å². The fourth-order valence-corrected chi connectivity index (χ4v) is 5.85. The standard InChI is InChI=1S/C25H14O10/c26-9-12-17(27)15-19(35-24(32)13-7-3-1-5-10(13)20(28)22(15,24)30)16-18(12)34-25(33)14-8-4-2-6-11(14)21(29)23(16,25)31/h1-9,27,30-33H/t22-,23-,24-,25-/m1/s1. The average Bonchev–Trinajstić information content (AvgIpc) is 3.37. The van der Waals surface area contributed by atoms with E-state index in [0.29, 0.717) is 0 Å². The summed E-state index contributed by atoms with van der Waals surface area (Å²) in [7, 11) is 0. The molecule has 0 fully saturated rings. The van der Waals surface area contributed by atoms with Gasteiger partial charge in [-0.3, -0.25) is 14.4 Å². The van der Waals surface area contributed by atoms with E-state index in [-0.39, 0.29) is 28.5 Å². The molecule has 3 aromatic rings. The van der Waals surface area contributed by atoms with Crippen LogP contribution in [0.25, 0.3) is 0 Å². The predicted molar refractivity (Wildman–Crippen MR) is 112 cm³/mol. The van der Waals surface area contributed by atoms with Gasteiger partial charge in [-0.1, -0.05) is 48.5 Å². The molecule has 0 radical (unpaired) electrons. The topological polar surface area (TPSA) is 171 Å². The molecule has 35 heavy (non-hydrogen) atoms. The summed E-state index contributed by atoms with van der Waals surface area (Å²) in [6.45, 7) is 0. The quantitative estimate of drug-likeness (QED) is 0.312.